The van der Waals surface area contributed by atoms with E-state index in [2.05, 4.69) is 26.8 Å². The summed E-state index contributed by atoms with van der Waals surface area (Å²) in [4.78, 5) is 0. The Morgan fingerprint density at radius 3 is 2.21 bits per heavy atom. The largest absolute Gasteiger partial charge is 0.389 e. The topological polar surface area (TPSA) is 44.0 Å². The van der Waals surface area contributed by atoms with Gasteiger partial charge in [-0.2, -0.15) is 5.26 Å². The molecule has 0 aromatic heterocycles. The average Bonchev–Trinajstić information content (AvgIpc) is 2.03. The van der Waals surface area contributed by atoms with Crippen molar-refractivity contribution >= 4 is 0 Å². The molecule has 0 aromatic rings. The lowest BCUT2D eigenvalue weighted by molar-refractivity contribution is -0.0211. The molecule has 1 aliphatic carbocycles. The van der Waals surface area contributed by atoms with Crippen molar-refractivity contribution in [3.8, 4) is 6.07 Å². The van der Waals surface area contributed by atoms with Gasteiger partial charge in [0, 0.05) is 0 Å². The lowest BCUT2D eigenvalue weighted by Gasteiger charge is -2.40. The van der Waals surface area contributed by atoms with Gasteiger partial charge in [-0.15, -0.1) is 0 Å². The molecule has 0 amide bonds. The van der Waals surface area contributed by atoms with E-state index in [1.807, 2.05) is 0 Å². The van der Waals surface area contributed by atoms with E-state index in [0.29, 0.717) is 17.8 Å². The molecule has 0 aromatic carbocycles. The van der Waals surface area contributed by atoms with E-state index in [9.17, 15) is 5.11 Å². The minimum atomic E-state index is -0.684. The third kappa shape index (κ3) is 2.72. The molecule has 1 rings (SSSR count). The van der Waals surface area contributed by atoms with E-state index >= 15 is 0 Å². The van der Waals surface area contributed by atoms with Crippen molar-refractivity contribution in [3.05, 3.63) is 0 Å². The molecular weight excluding hydrogens is 174 g/mol. The maximum absolute atomic E-state index is 10.0. The lowest BCUT2D eigenvalue weighted by atomic mass is 9.68. The van der Waals surface area contributed by atoms with E-state index in [1.165, 1.54) is 0 Å². The molecule has 1 saturated carbocycles. The highest BCUT2D eigenvalue weighted by molar-refractivity contribution is 4.94. The highest BCUT2D eigenvalue weighted by atomic mass is 16.3. The summed E-state index contributed by atoms with van der Waals surface area (Å²) in [7, 11) is 0. The molecule has 0 unspecified atom stereocenters. The quantitative estimate of drug-likeness (QED) is 0.699. The first-order valence-corrected chi connectivity index (χ1v) is 5.47. The van der Waals surface area contributed by atoms with Gasteiger partial charge in [-0.05, 0) is 37.0 Å². The summed E-state index contributed by atoms with van der Waals surface area (Å²) >= 11 is 0. The Morgan fingerprint density at radius 2 is 1.86 bits per heavy atom. The van der Waals surface area contributed by atoms with Crippen LogP contribution < -0.4 is 0 Å². The lowest BCUT2D eigenvalue weighted by Crippen LogP contribution is -2.37. The Kier molecular flexibility index (Phi) is 3.21. The van der Waals surface area contributed by atoms with Gasteiger partial charge >= 0.3 is 0 Å². The molecule has 14 heavy (non-hydrogen) atoms. The van der Waals surface area contributed by atoms with E-state index in [0.717, 1.165) is 25.7 Å². The average molecular weight is 195 g/mol. The van der Waals surface area contributed by atoms with Crippen molar-refractivity contribution in [2.45, 2.75) is 58.5 Å². The molecular formula is C12H21NO. The summed E-state index contributed by atoms with van der Waals surface area (Å²) in [6.45, 7) is 6.77. The van der Waals surface area contributed by atoms with Crippen molar-refractivity contribution in [1.29, 1.82) is 5.26 Å². The van der Waals surface area contributed by atoms with Crippen LogP contribution in [0.4, 0.5) is 0 Å². The summed E-state index contributed by atoms with van der Waals surface area (Å²) in [6, 6.07) is 2.08. The van der Waals surface area contributed by atoms with Crippen molar-refractivity contribution in [2.24, 2.45) is 11.3 Å². The number of nitrogens with zero attached hydrogens (tertiary/aromatic N) is 1. The SMILES string of the molecule is CC(C)(C)C1CCC(O)(CC#N)CC1. The van der Waals surface area contributed by atoms with Crippen LogP contribution in [0.15, 0.2) is 0 Å². The summed E-state index contributed by atoms with van der Waals surface area (Å²) < 4.78 is 0. The molecule has 2 nitrogen and oxygen atoms in total. The maximum atomic E-state index is 10.0. The number of hydrogen-bond acceptors (Lipinski definition) is 2. The van der Waals surface area contributed by atoms with E-state index in [4.69, 9.17) is 5.26 Å². The third-order valence-electron chi connectivity index (χ3n) is 3.55. The van der Waals surface area contributed by atoms with Crippen LogP contribution in [0.5, 0.6) is 0 Å². The van der Waals surface area contributed by atoms with Crippen LogP contribution >= 0.6 is 0 Å². The van der Waals surface area contributed by atoms with Crippen molar-refractivity contribution in [1.82, 2.24) is 0 Å². The zero-order valence-electron chi connectivity index (χ0n) is 9.51. The molecule has 1 fully saturated rings. The smallest absolute Gasteiger partial charge is 0.0777 e. The van der Waals surface area contributed by atoms with Crippen LogP contribution in [-0.2, 0) is 0 Å². The molecule has 0 atom stereocenters. The second kappa shape index (κ2) is 3.90. The van der Waals surface area contributed by atoms with Crippen LogP contribution in [-0.4, -0.2) is 10.7 Å². The van der Waals surface area contributed by atoms with Gasteiger partial charge in [0.05, 0.1) is 18.1 Å². The van der Waals surface area contributed by atoms with E-state index in [-0.39, 0.29) is 0 Å². The van der Waals surface area contributed by atoms with Crippen LogP contribution in [0, 0.1) is 22.7 Å². The molecule has 0 saturated heterocycles. The molecule has 0 heterocycles. The second-order valence-corrected chi connectivity index (χ2v) is 5.70. The summed E-state index contributed by atoms with van der Waals surface area (Å²) in [5.74, 6) is 0.696. The fraction of sp³-hybridized carbons (Fsp3) is 0.917. The predicted molar refractivity (Wildman–Crippen MR) is 56.6 cm³/mol. The molecule has 0 spiro atoms. The fourth-order valence-corrected chi connectivity index (χ4v) is 2.35. The Labute approximate surface area is 86.9 Å². The van der Waals surface area contributed by atoms with Crippen molar-refractivity contribution in [3.63, 3.8) is 0 Å². The van der Waals surface area contributed by atoms with E-state index < -0.39 is 5.60 Å². The highest BCUT2D eigenvalue weighted by Gasteiger charge is 2.36. The number of aliphatic hydroxyl groups is 1. The minimum Gasteiger partial charge on any atom is -0.389 e. The Balaban J connectivity index is 2.51. The fourth-order valence-electron chi connectivity index (χ4n) is 2.35. The number of hydrogen-bond donors (Lipinski definition) is 1. The van der Waals surface area contributed by atoms with Gasteiger partial charge < -0.3 is 5.11 Å². The zero-order chi connectivity index (χ0) is 10.8. The molecule has 80 valence electrons. The van der Waals surface area contributed by atoms with Gasteiger partial charge in [-0.3, -0.25) is 0 Å². The van der Waals surface area contributed by atoms with Gasteiger partial charge in [-0.1, -0.05) is 20.8 Å². The molecule has 1 aliphatic rings. The van der Waals surface area contributed by atoms with Crippen molar-refractivity contribution in [2.75, 3.05) is 0 Å². The number of nitriles is 1. The highest BCUT2D eigenvalue weighted by Crippen LogP contribution is 2.42. The van der Waals surface area contributed by atoms with Crippen LogP contribution in [0.3, 0.4) is 0 Å². The molecule has 0 aliphatic heterocycles. The van der Waals surface area contributed by atoms with Gasteiger partial charge in [0.1, 0.15) is 0 Å². The first-order valence-electron chi connectivity index (χ1n) is 5.47. The minimum absolute atomic E-state index is 0.295. The zero-order valence-corrected chi connectivity index (χ0v) is 9.51. The first-order chi connectivity index (χ1) is 6.37. The normalized spacial score (nSPS) is 33.8. The Bertz CT molecular complexity index is 226. The summed E-state index contributed by atoms with van der Waals surface area (Å²) in [5, 5.41) is 18.6. The Morgan fingerprint density at radius 1 is 1.36 bits per heavy atom. The van der Waals surface area contributed by atoms with E-state index in [1.54, 1.807) is 0 Å². The molecule has 0 radical (unpaired) electrons. The monoisotopic (exact) mass is 195 g/mol. The van der Waals surface area contributed by atoms with Gasteiger partial charge in [0.2, 0.25) is 0 Å². The van der Waals surface area contributed by atoms with Crippen LogP contribution in [0.2, 0.25) is 0 Å². The van der Waals surface area contributed by atoms with Crippen molar-refractivity contribution < 1.29 is 5.11 Å². The molecule has 2 heteroatoms. The standard InChI is InChI=1S/C12H21NO/c1-11(2,3)10-4-6-12(14,7-5-10)8-9-13/h10,14H,4-8H2,1-3H3. The van der Waals surface area contributed by atoms with Gasteiger partial charge in [0.15, 0.2) is 0 Å². The van der Waals surface area contributed by atoms with Crippen LogP contribution in [0.25, 0.3) is 0 Å². The third-order valence-corrected chi connectivity index (χ3v) is 3.55. The van der Waals surface area contributed by atoms with Gasteiger partial charge in [0.25, 0.3) is 0 Å². The van der Waals surface area contributed by atoms with Crippen LogP contribution in [0.1, 0.15) is 52.9 Å². The Hall–Kier alpha value is -0.550. The first kappa shape index (κ1) is 11.5. The molecule has 0 bridgehead atoms. The summed E-state index contributed by atoms with van der Waals surface area (Å²) in [6.07, 6.45) is 4.00. The molecule has 1 N–H and O–H groups in total. The maximum Gasteiger partial charge on any atom is 0.0777 e. The van der Waals surface area contributed by atoms with Gasteiger partial charge in [-0.25, -0.2) is 0 Å². The number of rotatable bonds is 1. The predicted octanol–water partition coefficient (Wildman–Crippen LogP) is 2.87. The second-order valence-electron chi connectivity index (χ2n) is 5.70. The summed E-state index contributed by atoms with van der Waals surface area (Å²) in [5.41, 5.74) is -0.343.